The van der Waals surface area contributed by atoms with E-state index in [2.05, 4.69) is 39.3 Å². The van der Waals surface area contributed by atoms with Gasteiger partial charge in [-0.15, -0.1) is 0 Å². The molecule has 2 fully saturated rings. The van der Waals surface area contributed by atoms with Gasteiger partial charge in [-0.3, -0.25) is 0 Å². The number of rotatable bonds is 7. The summed E-state index contributed by atoms with van der Waals surface area (Å²) >= 11 is 0. The van der Waals surface area contributed by atoms with Crippen molar-refractivity contribution in [2.45, 2.75) is 45.6 Å². The number of benzene rings is 1. The fourth-order valence-corrected chi connectivity index (χ4v) is 5.08. The third-order valence-corrected chi connectivity index (χ3v) is 6.21. The lowest BCUT2D eigenvalue weighted by atomic mass is 9.92. The maximum Gasteiger partial charge on any atom is 0.511 e. The Balaban J connectivity index is 1.64. The van der Waals surface area contributed by atoms with Gasteiger partial charge in [-0.25, -0.2) is 19.6 Å². The van der Waals surface area contributed by atoms with Gasteiger partial charge in [0.05, 0.1) is 29.5 Å². The molecule has 0 aliphatic heterocycles. The number of fused-ring (bicyclic) bond motifs is 2. The molecule has 2 saturated carbocycles. The van der Waals surface area contributed by atoms with Crippen molar-refractivity contribution in [1.82, 2.24) is 9.97 Å². The zero-order valence-electron chi connectivity index (χ0n) is 18.3. The molecule has 3 atom stereocenters. The third kappa shape index (κ3) is 5.09. The van der Waals surface area contributed by atoms with Crippen molar-refractivity contribution < 1.29 is 19.4 Å². The molecule has 1 heterocycles. The third-order valence-electron chi connectivity index (χ3n) is 6.21. The number of nitrogens with zero attached hydrogens (tertiary/aromatic N) is 3. The van der Waals surface area contributed by atoms with Gasteiger partial charge in [0.1, 0.15) is 12.1 Å². The first-order valence-electron chi connectivity index (χ1n) is 11.0. The normalized spacial score (nSPS) is 21.4. The fourth-order valence-electron chi connectivity index (χ4n) is 5.08. The summed E-state index contributed by atoms with van der Waals surface area (Å²) in [4.78, 5) is 33.9. The van der Waals surface area contributed by atoms with Gasteiger partial charge in [-0.05, 0) is 49.1 Å². The van der Waals surface area contributed by atoms with Crippen molar-refractivity contribution in [2.24, 2.45) is 17.8 Å². The number of aromatic nitrogens is 2. The molecule has 0 saturated heterocycles. The van der Waals surface area contributed by atoms with Crippen LogP contribution in [0.15, 0.2) is 36.9 Å². The number of carbonyl (C=O) groups excluding carboxylic acids is 1. The number of anilines is 3. The summed E-state index contributed by atoms with van der Waals surface area (Å²) in [5, 5.41) is 14.6. The van der Waals surface area contributed by atoms with Crippen molar-refractivity contribution in [2.75, 3.05) is 22.1 Å². The molecule has 0 spiro atoms. The first-order chi connectivity index (χ1) is 15.4. The van der Waals surface area contributed by atoms with Crippen LogP contribution < -0.4 is 20.3 Å². The lowest BCUT2D eigenvalue weighted by molar-refractivity contribution is 0.144. The Morgan fingerprint density at radius 1 is 1.19 bits per heavy atom. The molecule has 0 unspecified atom stereocenters. The Bertz CT molecular complexity index is 968. The number of hydrogen-bond acceptors (Lipinski definition) is 6. The number of carbonyl (C=O) groups is 2. The van der Waals surface area contributed by atoms with Crippen molar-refractivity contribution in [3.05, 3.63) is 36.9 Å². The van der Waals surface area contributed by atoms with Gasteiger partial charge in [0, 0.05) is 18.7 Å². The van der Waals surface area contributed by atoms with Crippen LogP contribution in [0.5, 0.6) is 5.75 Å². The van der Waals surface area contributed by atoms with Crippen LogP contribution in [0, 0.1) is 17.8 Å². The van der Waals surface area contributed by atoms with Gasteiger partial charge in [-0.2, -0.15) is 0 Å². The van der Waals surface area contributed by atoms with Gasteiger partial charge >= 0.3 is 12.2 Å². The topological polar surface area (TPSA) is 117 Å². The zero-order chi connectivity index (χ0) is 22.7. The van der Waals surface area contributed by atoms with E-state index in [1.54, 1.807) is 12.1 Å². The Hall–Kier alpha value is -3.36. The maximum atomic E-state index is 12.7. The molecule has 3 N–H and O–H groups in total. The van der Waals surface area contributed by atoms with E-state index in [1.807, 2.05) is 6.07 Å². The van der Waals surface area contributed by atoms with Gasteiger partial charge in [-0.1, -0.05) is 20.3 Å². The standard InChI is InChI=1S/C23H29N5O4/c1-14(2)12-28(21-8-15-3-4-16(21)7-15)20-6-5-18(32-23(30)31)9-19(20)27-22(29)26-17-10-24-13-25-11-17/h5-6,9-11,13-16,21H,3-4,7-8,12H2,1-2H3,(H,30,31)(H2,26,27,29)/t15-,16+,21+/m0/s1. The van der Waals surface area contributed by atoms with E-state index in [0.717, 1.165) is 24.6 Å². The molecular weight excluding hydrogens is 410 g/mol. The minimum atomic E-state index is -1.40. The first-order valence-corrected chi connectivity index (χ1v) is 11.0. The number of amides is 2. The molecule has 0 radical (unpaired) electrons. The van der Waals surface area contributed by atoms with Crippen molar-refractivity contribution in [3.63, 3.8) is 0 Å². The molecule has 170 valence electrons. The van der Waals surface area contributed by atoms with E-state index in [4.69, 9.17) is 9.84 Å². The summed E-state index contributed by atoms with van der Waals surface area (Å²) in [5.74, 6) is 1.99. The second-order valence-electron chi connectivity index (χ2n) is 9.04. The number of ether oxygens (including phenoxy) is 1. The largest absolute Gasteiger partial charge is 0.511 e. The monoisotopic (exact) mass is 439 g/mol. The lowest BCUT2D eigenvalue weighted by Gasteiger charge is -2.38. The highest BCUT2D eigenvalue weighted by Gasteiger charge is 2.43. The van der Waals surface area contributed by atoms with Crippen LogP contribution >= 0.6 is 0 Å². The van der Waals surface area contributed by atoms with E-state index < -0.39 is 12.2 Å². The Kier molecular flexibility index (Phi) is 6.43. The van der Waals surface area contributed by atoms with Gasteiger partial charge in [0.25, 0.3) is 0 Å². The Morgan fingerprint density at radius 3 is 2.59 bits per heavy atom. The minimum absolute atomic E-state index is 0.150. The van der Waals surface area contributed by atoms with Crippen LogP contribution in [0.2, 0.25) is 0 Å². The molecule has 2 aromatic rings. The van der Waals surface area contributed by atoms with Crippen LogP contribution in [0.3, 0.4) is 0 Å². The minimum Gasteiger partial charge on any atom is -0.449 e. The smallest absolute Gasteiger partial charge is 0.449 e. The highest BCUT2D eigenvalue weighted by atomic mass is 16.7. The van der Waals surface area contributed by atoms with Crippen LogP contribution in [0.25, 0.3) is 0 Å². The highest BCUT2D eigenvalue weighted by molar-refractivity contribution is 6.02. The van der Waals surface area contributed by atoms with E-state index in [1.165, 1.54) is 38.0 Å². The Morgan fingerprint density at radius 2 is 1.97 bits per heavy atom. The van der Waals surface area contributed by atoms with Crippen LogP contribution in [0.4, 0.5) is 26.7 Å². The summed E-state index contributed by atoms with van der Waals surface area (Å²) in [6, 6.07) is 4.98. The number of hydrogen-bond donors (Lipinski definition) is 3. The van der Waals surface area contributed by atoms with Crippen LogP contribution in [-0.2, 0) is 0 Å². The number of carboxylic acid groups (broad SMARTS) is 1. The summed E-state index contributed by atoms with van der Waals surface area (Å²) in [5.41, 5.74) is 1.83. The molecule has 2 amide bonds. The summed E-state index contributed by atoms with van der Waals surface area (Å²) in [7, 11) is 0. The summed E-state index contributed by atoms with van der Waals surface area (Å²) in [6.45, 7) is 5.20. The van der Waals surface area contributed by atoms with E-state index in [-0.39, 0.29) is 5.75 Å². The van der Waals surface area contributed by atoms with Crippen LogP contribution in [0.1, 0.15) is 39.5 Å². The zero-order valence-corrected chi connectivity index (χ0v) is 18.3. The Labute approximate surface area is 187 Å². The average Bonchev–Trinajstić information content (AvgIpc) is 3.36. The SMILES string of the molecule is CC(C)CN(c1ccc(OC(=O)O)cc1NC(=O)Nc1cncnc1)[C@@H]1C[C@H]2CC[C@@H]1C2. The maximum absolute atomic E-state index is 12.7. The van der Waals surface area contributed by atoms with Gasteiger partial charge in [0.15, 0.2) is 0 Å². The van der Waals surface area contributed by atoms with Crippen LogP contribution in [-0.4, -0.2) is 39.8 Å². The van der Waals surface area contributed by atoms with E-state index >= 15 is 0 Å². The molecule has 4 rings (SSSR count). The molecule has 2 bridgehead atoms. The number of nitrogens with one attached hydrogen (secondary N) is 2. The molecule has 9 nitrogen and oxygen atoms in total. The molecule has 32 heavy (non-hydrogen) atoms. The van der Waals surface area contributed by atoms with Gasteiger partial charge < -0.3 is 25.4 Å². The highest BCUT2D eigenvalue weighted by Crippen LogP contribution is 2.48. The van der Waals surface area contributed by atoms with E-state index in [0.29, 0.717) is 29.3 Å². The second-order valence-corrected chi connectivity index (χ2v) is 9.04. The second kappa shape index (κ2) is 9.42. The average molecular weight is 440 g/mol. The first kappa shape index (κ1) is 21.9. The lowest BCUT2D eigenvalue weighted by Crippen LogP contribution is -2.42. The number of urea groups is 1. The molecule has 1 aromatic carbocycles. The summed E-state index contributed by atoms with van der Waals surface area (Å²) < 4.78 is 4.85. The predicted molar refractivity (Wildman–Crippen MR) is 121 cm³/mol. The molecule has 1 aromatic heterocycles. The molecule has 2 aliphatic carbocycles. The fraction of sp³-hybridized carbons (Fsp3) is 0.478. The molecule has 9 heteroatoms. The van der Waals surface area contributed by atoms with Crippen molar-refractivity contribution in [3.8, 4) is 5.75 Å². The quantitative estimate of drug-likeness (QED) is 0.418. The van der Waals surface area contributed by atoms with Crippen molar-refractivity contribution >= 4 is 29.2 Å². The molecular formula is C23H29N5O4. The molecule has 2 aliphatic rings. The van der Waals surface area contributed by atoms with Crippen molar-refractivity contribution in [1.29, 1.82) is 0 Å². The van der Waals surface area contributed by atoms with E-state index in [9.17, 15) is 9.59 Å². The van der Waals surface area contributed by atoms with Gasteiger partial charge in [0.2, 0.25) is 0 Å². The summed E-state index contributed by atoms with van der Waals surface area (Å²) in [6.07, 6.45) is 7.93. The predicted octanol–water partition coefficient (Wildman–Crippen LogP) is 4.83.